The number of aliphatic hydroxyl groups excluding tert-OH is 1. The number of hydrogen-bond donors (Lipinski definition) is 1. The predicted octanol–water partition coefficient (Wildman–Crippen LogP) is 0.139. The maximum atomic E-state index is 13.8. The van der Waals surface area contributed by atoms with Crippen LogP contribution in [0.2, 0.25) is 10.0 Å². The van der Waals surface area contributed by atoms with Crippen LogP contribution in [0, 0.1) is 0 Å². The predicted molar refractivity (Wildman–Crippen MR) is 120 cm³/mol. The van der Waals surface area contributed by atoms with Crippen LogP contribution in [0.15, 0.2) is 18.2 Å². The van der Waals surface area contributed by atoms with Crippen molar-refractivity contribution in [1.82, 2.24) is 12.9 Å². The van der Waals surface area contributed by atoms with E-state index in [1.165, 1.54) is 0 Å². The third-order valence-electron chi connectivity index (χ3n) is 5.76. The van der Waals surface area contributed by atoms with E-state index in [1.807, 2.05) is 4.90 Å². The number of alkyl halides is 3. The van der Waals surface area contributed by atoms with Crippen LogP contribution in [0.3, 0.4) is 0 Å². The molecule has 2 saturated heterocycles. The third-order valence-corrected chi connectivity index (χ3v) is 10.2. The van der Waals surface area contributed by atoms with Crippen molar-refractivity contribution in [2.45, 2.75) is 42.1 Å². The van der Waals surface area contributed by atoms with Crippen molar-refractivity contribution in [3.05, 3.63) is 33.8 Å². The van der Waals surface area contributed by atoms with Gasteiger partial charge in [0, 0.05) is 0 Å². The van der Waals surface area contributed by atoms with Gasteiger partial charge in [-0.15, -0.1) is 0 Å². The van der Waals surface area contributed by atoms with E-state index in [2.05, 4.69) is 3.11 Å². The number of amides is 1. The summed E-state index contributed by atoms with van der Waals surface area (Å²) in [7, 11) is 0. The molecule has 1 aromatic carbocycles. The van der Waals surface area contributed by atoms with Gasteiger partial charge in [-0.05, 0) is 0 Å². The van der Waals surface area contributed by atoms with Gasteiger partial charge in [-0.2, -0.15) is 0 Å². The Morgan fingerprint density at radius 2 is 1.97 bits per heavy atom. The summed E-state index contributed by atoms with van der Waals surface area (Å²) in [6.45, 7) is 3.65. The van der Waals surface area contributed by atoms with Crippen LogP contribution in [-0.2, 0) is 16.0 Å². The number of hydrogen-bond acceptors (Lipinski definition) is 5. The SMILES string of the molecule is CC(F)(F)CN1CCN(C(=O)Cc2ccc(Cl)c(Cl)c2)C(C(COCO)[I-]N2CCCC2)C1. The van der Waals surface area contributed by atoms with Crippen LogP contribution in [0.5, 0.6) is 0 Å². The van der Waals surface area contributed by atoms with Crippen molar-refractivity contribution in [3.63, 3.8) is 0 Å². The second-order valence-electron chi connectivity index (χ2n) is 8.62. The summed E-state index contributed by atoms with van der Waals surface area (Å²) >= 11 is 11.6. The molecule has 0 aromatic heterocycles. The molecule has 2 fully saturated rings. The normalized spacial score (nSPS) is 21.6. The molecule has 11 heteroatoms. The molecule has 0 saturated carbocycles. The molecule has 1 amide bonds. The number of halogens is 5. The van der Waals surface area contributed by atoms with Gasteiger partial charge in [-0.1, -0.05) is 0 Å². The van der Waals surface area contributed by atoms with Crippen LogP contribution in [0.4, 0.5) is 8.78 Å². The number of carbonyl (C=O) groups excluding carboxylic acids is 1. The van der Waals surface area contributed by atoms with E-state index in [0.717, 1.165) is 38.4 Å². The van der Waals surface area contributed by atoms with Gasteiger partial charge >= 0.3 is 215 Å². The van der Waals surface area contributed by atoms with E-state index in [4.69, 9.17) is 27.9 Å². The Hall–Kier alpha value is -0.300. The fourth-order valence-electron chi connectivity index (χ4n) is 4.27. The van der Waals surface area contributed by atoms with E-state index < -0.39 is 34.2 Å². The van der Waals surface area contributed by atoms with Crippen LogP contribution < -0.4 is 21.5 Å². The van der Waals surface area contributed by atoms with E-state index >= 15 is 0 Å². The zero-order valence-electron chi connectivity index (χ0n) is 18.7. The first-order valence-electron chi connectivity index (χ1n) is 11.1. The maximum absolute atomic E-state index is 13.8. The van der Waals surface area contributed by atoms with E-state index in [9.17, 15) is 18.7 Å². The summed E-state index contributed by atoms with van der Waals surface area (Å²) in [5.41, 5.74) is 0.757. The molecule has 2 heterocycles. The number of piperazine rings is 1. The molecule has 188 valence electrons. The average Bonchev–Trinajstić information content (AvgIpc) is 3.25. The Kier molecular flexibility index (Phi) is 10.4. The molecule has 2 unspecified atom stereocenters. The summed E-state index contributed by atoms with van der Waals surface area (Å²) < 4.78 is 35.4. The van der Waals surface area contributed by atoms with Crippen molar-refractivity contribution < 1.29 is 44.9 Å². The first kappa shape index (κ1) is 27.3. The standard InChI is InChI=1S/C22H31Cl2F2IN3O3/c1-22(25,26)14-28-8-9-30(21(32)11-16-4-5-17(23)18(24)10-16)20(12-28)19(13-33-15-31)27-29-6-2-3-7-29/h4-5,10,19-20,31H,2-3,6-9,11-15H2,1H3/q-1. The Balaban J connectivity index is 1.79. The topological polar surface area (TPSA) is 56.3 Å². The quantitative estimate of drug-likeness (QED) is 0.175. The summed E-state index contributed by atoms with van der Waals surface area (Å²) in [5, 5.41) is 10.1. The van der Waals surface area contributed by atoms with Crippen LogP contribution >= 0.6 is 23.2 Å². The molecule has 0 radical (unpaired) electrons. The molecule has 0 aliphatic carbocycles. The number of ether oxygens (including phenoxy) is 1. The minimum atomic E-state index is -2.81. The molecule has 1 aromatic rings. The molecule has 33 heavy (non-hydrogen) atoms. The zero-order valence-corrected chi connectivity index (χ0v) is 22.3. The average molecular weight is 621 g/mol. The number of aliphatic hydroxyl groups is 1. The molecule has 3 rings (SSSR count). The minimum absolute atomic E-state index is 0.0000781. The molecule has 6 nitrogen and oxygen atoms in total. The van der Waals surface area contributed by atoms with Crippen LogP contribution in [0.25, 0.3) is 0 Å². The summed E-state index contributed by atoms with van der Waals surface area (Å²) in [6.07, 6.45) is 2.45. The first-order valence-corrected chi connectivity index (χ1v) is 14.0. The zero-order chi connectivity index (χ0) is 24.0. The number of rotatable bonds is 10. The summed E-state index contributed by atoms with van der Waals surface area (Å²) in [4.78, 5) is 16.9. The molecular weight excluding hydrogens is 590 g/mol. The molecule has 1 N–H and O–H groups in total. The molecule has 2 aliphatic heterocycles. The third kappa shape index (κ3) is 8.40. The van der Waals surface area contributed by atoms with Crippen molar-refractivity contribution in [3.8, 4) is 0 Å². The van der Waals surface area contributed by atoms with E-state index in [0.29, 0.717) is 36.3 Å². The molecule has 2 aliphatic rings. The van der Waals surface area contributed by atoms with Crippen molar-refractivity contribution in [1.29, 1.82) is 0 Å². The van der Waals surface area contributed by atoms with E-state index in [1.54, 1.807) is 23.1 Å². The van der Waals surface area contributed by atoms with Crippen LogP contribution in [0.1, 0.15) is 25.3 Å². The Morgan fingerprint density at radius 3 is 2.61 bits per heavy atom. The number of nitrogens with zero attached hydrogens (tertiary/aromatic N) is 3. The Bertz CT molecular complexity index is 797. The Morgan fingerprint density at radius 1 is 1.24 bits per heavy atom. The fraction of sp³-hybridized carbons (Fsp3) is 0.682. The fourth-order valence-corrected chi connectivity index (χ4v) is 8.25. The van der Waals surface area contributed by atoms with Gasteiger partial charge < -0.3 is 0 Å². The summed E-state index contributed by atoms with van der Waals surface area (Å²) in [5.74, 6) is -2.88. The molecular formula is C22H31Cl2F2IN3O3-. The van der Waals surface area contributed by atoms with Gasteiger partial charge in [0.05, 0.1) is 0 Å². The first-order chi connectivity index (χ1) is 15.7. The van der Waals surface area contributed by atoms with Gasteiger partial charge in [0.25, 0.3) is 0 Å². The number of carbonyl (C=O) groups is 1. The van der Waals surface area contributed by atoms with Gasteiger partial charge in [0.1, 0.15) is 0 Å². The van der Waals surface area contributed by atoms with Gasteiger partial charge in [-0.3, -0.25) is 0 Å². The Labute approximate surface area is 214 Å². The van der Waals surface area contributed by atoms with Crippen molar-refractivity contribution in [2.24, 2.45) is 0 Å². The molecule has 0 spiro atoms. The van der Waals surface area contributed by atoms with Gasteiger partial charge in [0.15, 0.2) is 0 Å². The van der Waals surface area contributed by atoms with Crippen molar-refractivity contribution in [2.75, 3.05) is 52.7 Å². The molecule has 0 bridgehead atoms. The van der Waals surface area contributed by atoms with E-state index in [-0.39, 0.29) is 28.8 Å². The number of benzene rings is 1. The second kappa shape index (κ2) is 12.6. The van der Waals surface area contributed by atoms with Crippen LogP contribution in [-0.4, -0.2) is 92.5 Å². The summed E-state index contributed by atoms with van der Waals surface area (Å²) in [6, 6.07) is 4.88. The monoisotopic (exact) mass is 620 g/mol. The second-order valence-corrected chi connectivity index (χ2v) is 13.0. The van der Waals surface area contributed by atoms with Gasteiger partial charge in [0.2, 0.25) is 0 Å². The van der Waals surface area contributed by atoms with Crippen molar-refractivity contribution >= 4 is 29.1 Å². The van der Waals surface area contributed by atoms with Gasteiger partial charge in [-0.25, -0.2) is 0 Å². The molecule has 2 atom stereocenters.